The van der Waals surface area contributed by atoms with Crippen molar-refractivity contribution in [2.24, 2.45) is 5.73 Å². The summed E-state index contributed by atoms with van der Waals surface area (Å²) in [6, 6.07) is 4.16. The van der Waals surface area contributed by atoms with Gasteiger partial charge in [-0.05, 0) is 57.4 Å². The maximum Gasteiger partial charge on any atom is 0.260 e. The van der Waals surface area contributed by atoms with Gasteiger partial charge in [0.25, 0.3) is 5.91 Å². The highest BCUT2D eigenvalue weighted by Crippen LogP contribution is 2.25. The Morgan fingerprint density at radius 2 is 1.75 bits per heavy atom. The van der Waals surface area contributed by atoms with Crippen LogP contribution in [0.15, 0.2) is 12.1 Å². The molecule has 0 fully saturated rings. The van der Waals surface area contributed by atoms with Gasteiger partial charge in [-0.25, -0.2) is 0 Å². The van der Waals surface area contributed by atoms with Crippen LogP contribution in [0.5, 0.6) is 5.75 Å². The monoisotopic (exact) mass is 278 g/mol. The number of carbonyl (C=O) groups is 1. The van der Waals surface area contributed by atoms with Gasteiger partial charge < -0.3 is 15.4 Å². The number of nitrogens with zero attached hydrogens (tertiary/aromatic N) is 1. The lowest BCUT2D eigenvalue weighted by Crippen LogP contribution is -2.34. The summed E-state index contributed by atoms with van der Waals surface area (Å²) in [5.41, 5.74) is 8.91. The summed E-state index contributed by atoms with van der Waals surface area (Å²) in [5.74, 6) is 0.839. The molecule has 112 valence electrons. The second kappa shape index (κ2) is 7.90. The molecule has 1 amide bonds. The van der Waals surface area contributed by atoms with Crippen LogP contribution >= 0.6 is 0 Å². The molecule has 0 aliphatic rings. The minimum atomic E-state index is 0.0276. The van der Waals surface area contributed by atoms with Crippen molar-refractivity contribution >= 4 is 5.91 Å². The van der Waals surface area contributed by atoms with Crippen molar-refractivity contribution in [3.05, 3.63) is 28.8 Å². The van der Waals surface area contributed by atoms with Crippen LogP contribution in [0.1, 0.15) is 30.5 Å². The van der Waals surface area contributed by atoms with Crippen molar-refractivity contribution in [3.63, 3.8) is 0 Å². The van der Waals surface area contributed by atoms with Crippen molar-refractivity contribution in [1.29, 1.82) is 0 Å². The van der Waals surface area contributed by atoms with Crippen molar-refractivity contribution in [1.82, 2.24) is 4.90 Å². The molecule has 4 heteroatoms. The molecule has 0 unspecified atom stereocenters. The highest BCUT2D eigenvalue weighted by Gasteiger charge is 2.12. The van der Waals surface area contributed by atoms with Crippen molar-refractivity contribution in [3.8, 4) is 5.75 Å². The largest absolute Gasteiger partial charge is 0.483 e. The fourth-order valence-corrected chi connectivity index (χ4v) is 2.38. The van der Waals surface area contributed by atoms with Gasteiger partial charge in [0.05, 0.1) is 0 Å². The molecule has 0 atom stereocenters. The van der Waals surface area contributed by atoms with E-state index in [0.717, 1.165) is 23.3 Å². The molecule has 0 spiro atoms. The second-order valence-corrected chi connectivity index (χ2v) is 4.95. The maximum absolute atomic E-state index is 12.0. The zero-order valence-electron chi connectivity index (χ0n) is 13.0. The molecule has 2 N–H and O–H groups in total. The number of amides is 1. The first kappa shape index (κ1) is 16.5. The summed E-state index contributed by atoms with van der Waals surface area (Å²) in [7, 11) is 0. The average molecular weight is 278 g/mol. The third-order valence-corrected chi connectivity index (χ3v) is 3.41. The van der Waals surface area contributed by atoms with E-state index < -0.39 is 0 Å². The molecule has 0 aliphatic heterocycles. The van der Waals surface area contributed by atoms with Gasteiger partial charge in [0, 0.05) is 13.1 Å². The molecule has 0 radical (unpaired) electrons. The molecule has 0 saturated heterocycles. The molecular weight excluding hydrogens is 252 g/mol. The van der Waals surface area contributed by atoms with Gasteiger partial charge >= 0.3 is 0 Å². The third kappa shape index (κ3) is 4.23. The van der Waals surface area contributed by atoms with Gasteiger partial charge in [0.2, 0.25) is 0 Å². The van der Waals surface area contributed by atoms with Crippen molar-refractivity contribution < 1.29 is 9.53 Å². The lowest BCUT2D eigenvalue weighted by atomic mass is 10.0. The van der Waals surface area contributed by atoms with Crippen LogP contribution in [0.25, 0.3) is 0 Å². The predicted octanol–water partition coefficient (Wildman–Crippen LogP) is 2.05. The van der Waals surface area contributed by atoms with Gasteiger partial charge in [0.15, 0.2) is 6.61 Å². The average Bonchev–Trinajstić information content (AvgIpc) is 2.39. The first-order valence-corrected chi connectivity index (χ1v) is 7.24. The zero-order valence-corrected chi connectivity index (χ0v) is 13.0. The summed E-state index contributed by atoms with van der Waals surface area (Å²) in [6.07, 6.45) is 0.861. The Hall–Kier alpha value is -1.55. The van der Waals surface area contributed by atoms with E-state index in [-0.39, 0.29) is 12.5 Å². The Kier molecular flexibility index (Phi) is 6.52. The first-order chi connectivity index (χ1) is 9.53. The maximum atomic E-state index is 12.0. The van der Waals surface area contributed by atoms with E-state index >= 15 is 0 Å². The van der Waals surface area contributed by atoms with Crippen LogP contribution in [0.3, 0.4) is 0 Å². The highest BCUT2D eigenvalue weighted by atomic mass is 16.5. The SMILES string of the molecule is CCN(CC)C(=O)COc1c(C)cc(CCN)cc1C. The molecular formula is C16H26N2O2. The normalized spacial score (nSPS) is 10.4. The molecule has 0 bridgehead atoms. The van der Waals surface area contributed by atoms with Crippen LogP contribution < -0.4 is 10.5 Å². The third-order valence-electron chi connectivity index (χ3n) is 3.41. The Bertz CT molecular complexity index is 431. The lowest BCUT2D eigenvalue weighted by molar-refractivity contribution is -0.132. The quantitative estimate of drug-likeness (QED) is 0.830. The fraction of sp³-hybridized carbons (Fsp3) is 0.562. The van der Waals surface area contributed by atoms with Crippen LogP contribution in [0.4, 0.5) is 0 Å². The van der Waals surface area contributed by atoms with E-state index in [1.807, 2.05) is 27.7 Å². The van der Waals surface area contributed by atoms with Gasteiger partial charge in [-0.15, -0.1) is 0 Å². The van der Waals surface area contributed by atoms with E-state index in [1.54, 1.807) is 4.90 Å². The number of ether oxygens (including phenoxy) is 1. The van der Waals surface area contributed by atoms with E-state index in [4.69, 9.17) is 10.5 Å². The van der Waals surface area contributed by atoms with Gasteiger partial charge in [0.1, 0.15) is 5.75 Å². The number of hydrogen-bond donors (Lipinski definition) is 1. The molecule has 1 aromatic rings. The summed E-state index contributed by atoms with van der Waals surface area (Å²) >= 11 is 0. The Balaban J connectivity index is 2.76. The zero-order chi connectivity index (χ0) is 15.1. The first-order valence-electron chi connectivity index (χ1n) is 7.24. The van der Waals surface area contributed by atoms with Gasteiger partial charge in [-0.3, -0.25) is 4.79 Å². The van der Waals surface area contributed by atoms with E-state index in [2.05, 4.69) is 12.1 Å². The smallest absolute Gasteiger partial charge is 0.260 e. The standard InChI is InChI=1S/C16H26N2O2/c1-5-18(6-2)15(19)11-20-16-12(3)9-14(7-8-17)10-13(16)4/h9-10H,5-8,11,17H2,1-4H3. The fourth-order valence-electron chi connectivity index (χ4n) is 2.38. The van der Waals surface area contributed by atoms with E-state index in [9.17, 15) is 4.79 Å². The molecule has 1 aromatic carbocycles. The van der Waals surface area contributed by atoms with Crippen LogP contribution in [-0.4, -0.2) is 37.0 Å². The molecule has 20 heavy (non-hydrogen) atoms. The molecule has 0 heterocycles. The predicted molar refractivity (Wildman–Crippen MR) is 82.1 cm³/mol. The summed E-state index contributed by atoms with van der Waals surface area (Å²) in [4.78, 5) is 13.7. The van der Waals surface area contributed by atoms with Crippen LogP contribution in [-0.2, 0) is 11.2 Å². The second-order valence-electron chi connectivity index (χ2n) is 4.95. The number of hydrogen-bond acceptors (Lipinski definition) is 3. The Morgan fingerprint density at radius 1 is 1.20 bits per heavy atom. The lowest BCUT2D eigenvalue weighted by Gasteiger charge is -2.20. The minimum absolute atomic E-state index is 0.0276. The Morgan fingerprint density at radius 3 is 2.20 bits per heavy atom. The molecule has 0 saturated carbocycles. The number of likely N-dealkylation sites (N-methyl/N-ethyl adjacent to an activating group) is 1. The van der Waals surface area contributed by atoms with E-state index in [1.165, 1.54) is 5.56 Å². The van der Waals surface area contributed by atoms with Crippen LogP contribution in [0, 0.1) is 13.8 Å². The molecule has 4 nitrogen and oxygen atoms in total. The number of benzene rings is 1. The van der Waals surface area contributed by atoms with E-state index in [0.29, 0.717) is 19.6 Å². The van der Waals surface area contributed by atoms with Crippen LogP contribution in [0.2, 0.25) is 0 Å². The molecule has 1 rings (SSSR count). The molecule has 0 aromatic heterocycles. The van der Waals surface area contributed by atoms with Crippen molar-refractivity contribution in [2.45, 2.75) is 34.1 Å². The topological polar surface area (TPSA) is 55.6 Å². The number of rotatable bonds is 7. The molecule has 0 aliphatic carbocycles. The highest BCUT2D eigenvalue weighted by molar-refractivity contribution is 5.77. The minimum Gasteiger partial charge on any atom is -0.483 e. The van der Waals surface area contributed by atoms with Gasteiger partial charge in [-0.1, -0.05) is 12.1 Å². The Labute approximate surface area is 121 Å². The number of nitrogens with two attached hydrogens (primary N) is 1. The summed E-state index contributed by atoms with van der Waals surface area (Å²) < 4.78 is 5.72. The summed E-state index contributed by atoms with van der Waals surface area (Å²) in [6.45, 7) is 10.1. The summed E-state index contributed by atoms with van der Waals surface area (Å²) in [5, 5.41) is 0. The van der Waals surface area contributed by atoms with Crippen molar-refractivity contribution in [2.75, 3.05) is 26.2 Å². The number of aryl methyl sites for hydroxylation is 2. The number of carbonyl (C=O) groups excluding carboxylic acids is 1. The van der Waals surface area contributed by atoms with Gasteiger partial charge in [-0.2, -0.15) is 0 Å².